The largest absolute Gasteiger partial charge is 0.366 e. The first kappa shape index (κ1) is 8.36. The molecular weight excluding hydrogens is 296 g/mol. The first-order valence-electron chi connectivity index (χ1n) is 1.37. The molecule has 0 atom stereocenters. The molecule has 0 aromatic rings. The van der Waals surface area contributed by atoms with E-state index in [0.717, 1.165) is 0 Å². The number of rotatable bonds is 0. The summed E-state index contributed by atoms with van der Waals surface area (Å²) in [5.41, 5.74) is 0. The van der Waals surface area contributed by atoms with Crippen molar-refractivity contribution in [2.45, 2.75) is 8.43 Å². The summed E-state index contributed by atoms with van der Waals surface area (Å²) < 4.78 is -0.951. The van der Waals surface area contributed by atoms with Gasteiger partial charge in [0.15, 0.2) is 8.43 Å². The molecule has 0 radical (unpaired) electrons. The first-order valence-corrected chi connectivity index (χ1v) is 3.75. The van der Waals surface area contributed by atoms with Crippen molar-refractivity contribution in [3.05, 3.63) is 0 Å². The Balaban J connectivity index is 3.54. The van der Waals surface area contributed by atoms with Crippen LogP contribution in [-0.2, 0) is 0 Å². The Hall–Kier alpha value is 1.36. The second-order valence-electron chi connectivity index (χ2n) is 0.915. The van der Waals surface area contributed by atoms with Crippen molar-refractivity contribution in [2.75, 3.05) is 0 Å². The normalized spacial score (nSPS) is 12.9. The summed E-state index contributed by atoms with van der Waals surface area (Å²) >= 11 is 8.63. The van der Waals surface area contributed by atoms with Gasteiger partial charge in [-0.1, -0.05) is 47.8 Å². The van der Waals surface area contributed by atoms with Crippen molar-refractivity contribution < 1.29 is 10.2 Å². The van der Waals surface area contributed by atoms with Gasteiger partial charge in [-0.25, -0.2) is 0 Å². The lowest BCUT2D eigenvalue weighted by atomic mass is 10.8. The van der Waals surface area contributed by atoms with Gasteiger partial charge in [0, 0.05) is 0 Å². The minimum absolute atomic E-state index is 0.951. The van der Waals surface area contributed by atoms with Crippen LogP contribution in [0.25, 0.3) is 0 Å². The highest BCUT2D eigenvalue weighted by atomic mass is 80.0. The molecule has 0 spiro atoms. The van der Waals surface area contributed by atoms with Crippen molar-refractivity contribution in [2.24, 2.45) is 0 Å². The standard InChI is InChI=1S/C2H3Br3O2/c3-2(4,5)1(6)7/h1,6-7H. The highest BCUT2D eigenvalue weighted by Gasteiger charge is 2.26. The number of aliphatic hydroxyl groups is 2. The minimum atomic E-state index is -1.45. The lowest BCUT2D eigenvalue weighted by molar-refractivity contribution is -0.0273. The third kappa shape index (κ3) is 3.90. The third-order valence-electron chi connectivity index (χ3n) is 0.293. The average molecular weight is 299 g/mol. The highest BCUT2D eigenvalue weighted by molar-refractivity contribution is 9.39. The Bertz CT molecular complexity index is 56.4. The molecule has 0 aromatic carbocycles. The Morgan fingerprint density at radius 2 is 1.29 bits per heavy atom. The molecule has 0 aliphatic heterocycles. The van der Waals surface area contributed by atoms with Crippen LogP contribution in [0.5, 0.6) is 0 Å². The average Bonchev–Trinajstić information content (AvgIpc) is 1.31. The molecule has 0 saturated heterocycles. The van der Waals surface area contributed by atoms with Crippen molar-refractivity contribution in [3.8, 4) is 0 Å². The van der Waals surface area contributed by atoms with Crippen LogP contribution in [0.1, 0.15) is 0 Å². The molecule has 0 aliphatic rings. The van der Waals surface area contributed by atoms with Crippen LogP contribution >= 0.6 is 47.8 Å². The summed E-state index contributed by atoms with van der Waals surface area (Å²) in [7, 11) is 0. The summed E-state index contributed by atoms with van der Waals surface area (Å²) in [6.45, 7) is 0. The Morgan fingerprint density at radius 3 is 1.29 bits per heavy atom. The van der Waals surface area contributed by atoms with Gasteiger partial charge in [-0.15, -0.1) is 0 Å². The van der Waals surface area contributed by atoms with E-state index in [1.165, 1.54) is 0 Å². The SMILES string of the molecule is OC(O)C(Br)(Br)Br. The zero-order valence-corrected chi connectivity index (χ0v) is 7.86. The van der Waals surface area contributed by atoms with Crippen LogP contribution in [0.2, 0.25) is 0 Å². The summed E-state index contributed by atoms with van der Waals surface area (Å²) in [4.78, 5) is 0. The molecule has 5 heteroatoms. The maximum Gasteiger partial charge on any atom is 0.187 e. The minimum Gasteiger partial charge on any atom is -0.366 e. The second-order valence-corrected chi connectivity index (χ2v) is 7.86. The van der Waals surface area contributed by atoms with Gasteiger partial charge >= 0.3 is 0 Å². The third-order valence-corrected chi connectivity index (χ3v) is 1.52. The molecule has 2 nitrogen and oxygen atoms in total. The molecule has 44 valence electrons. The van der Waals surface area contributed by atoms with Gasteiger partial charge in [-0.2, -0.15) is 0 Å². The molecule has 0 aromatic heterocycles. The zero-order chi connectivity index (χ0) is 6.08. The van der Waals surface area contributed by atoms with Gasteiger partial charge in [-0.05, 0) is 0 Å². The van der Waals surface area contributed by atoms with Crippen LogP contribution in [0.4, 0.5) is 0 Å². The molecule has 2 N–H and O–H groups in total. The Labute approximate surface area is 66.3 Å². The van der Waals surface area contributed by atoms with Gasteiger partial charge in [0.1, 0.15) is 0 Å². The zero-order valence-electron chi connectivity index (χ0n) is 3.11. The second kappa shape index (κ2) is 2.77. The van der Waals surface area contributed by atoms with Gasteiger partial charge in [0.05, 0.1) is 0 Å². The van der Waals surface area contributed by atoms with Crippen molar-refractivity contribution in [1.29, 1.82) is 0 Å². The fraction of sp³-hybridized carbons (Fsp3) is 1.00. The van der Waals surface area contributed by atoms with E-state index in [9.17, 15) is 0 Å². The van der Waals surface area contributed by atoms with Crippen molar-refractivity contribution >= 4 is 47.8 Å². The van der Waals surface area contributed by atoms with Gasteiger partial charge in [0.25, 0.3) is 0 Å². The summed E-state index contributed by atoms with van der Waals surface area (Å²) in [6.07, 6.45) is -1.45. The number of alkyl halides is 3. The number of halogens is 3. The van der Waals surface area contributed by atoms with E-state index in [1.54, 1.807) is 0 Å². The molecule has 0 bridgehead atoms. The quantitative estimate of drug-likeness (QED) is 0.520. The predicted molar refractivity (Wildman–Crippen MR) is 37.7 cm³/mol. The maximum absolute atomic E-state index is 8.30. The lowest BCUT2D eigenvalue weighted by Crippen LogP contribution is -2.21. The summed E-state index contributed by atoms with van der Waals surface area (Å²) in [6, 6.07) is 0. The van der Waals surface area contributed by atoms with E-state index in [1.807, 2.05) is 0 Å². The van der Waals surface area contributed by atoms with E-state index < -0.39 is 8.43 Å². The van der Waals surface area contributed by atoms with Crippen LogP contribution in [0.15, 0.2) is 0 Å². The summed E-state index contributed by atoms with van der Waals surface area (Å²) in [5, 5.41) is 16.6. The monoisotopic (exact) mass is 296 g/mol. The smallest absolute Gasteiger partial charge is 0.187 e. The fourth-order valence-corrected chi connectivity index (χ4v) is 0. The van der Waals surface area contributed by atoms with E-state index in [-0.39, 0.29) is 0 Å². The van der Waals surface area contributed by atoms with Crippen molar-refractivity contribution in [1.82, 2.24) is 0 Å². The molecule has 7 heavy (non-hydrogen) atoms. The Kier molecular flexibility index (Phi) is 3.31. The summed E-state index contributed by atoms with van der Waals surface area (Å²) in [5.74, 6) is 0. The predicted octanol–water partition coefficient (Wildman–Crippen LogP) is 1.14. The highest BCUT2D eigenvalue weighted by Crippen LogP contribution is 2.35. The van der Waals surface area contributed by atoms with E-state index >= 15 is 0 Å². The molecule has 0 aliphatic carbocycles. The molecule has 0 amide bonds. The molecule has 0 saturated carbocycles. The maximum atomic E-state index is 8.30. The molecule has 0 fully saturated rings. The molecule has 0 unspecified atom stereocenters. The van der Waals surface area contributed by atoms with Crippen LogP contribution in [0.3, 0.4) is 0 Å². The number of hydrogen-bond acceptors (Lipinski definition) is 2. The Morgan fingerprint density at radius 1 is 1.14 bits per heavy atom. The number of aliphatic hydroxyl groups excluding tert-OH is 1. The van der Waals surface area contributed by atoms with E-state index in [4.69, 9.17) is 10.2 Å². The van der Waals surface area contributed by atoms with Crippen LogP contribution in [0, 0.1) is 0 Å². The van der Waals surface area contributed by atoms with E-state index in [2.05, 4.69) is 47.8 Å². The van der Waals surface area contributed by atoms with Gasteiger partial charge in [0.2, 0.25) is 0 Å². The molecular formula is C2H3Br3O2. The van der Waals surface area contributed by atoms with Crippen molar-refractivity contribution in [3.63, 3.8) is 0 Å². The lowest BCUT2D eigenvalue weighted by Gasteiger charge is -2.12. The van der Waals surface area contributed by atoms with Gasteiger partial charge < -0.3 is 10.2 Å². The first-order chi connectivity index (χ1) is 2.94. The van der Waals surface area contributed by atoms with E-state index in [0.29, 0.717) is 0 Å². The molecule has 0 rings (SSSR count). The fourth-order valence-electron chi connectivity index (χ4n) is 0. The molecule has 0 heterocycles. The van der Waals surface area contributed by atoms with Crippen LogP contribution in [-0.4, -0.2) is 18.6 Å². The van der Waals surface area contributed by atoms with Gasteiger partial charge in [-0.3, -0.25) is 0 Å². The number of hydrogen-bond donors (Lipinski definition) is 2. The van der Waals surface area contributed by atoms with Crippen LogP contribution < -0.4 is 0 Å². The topological polar surface area (TPSA) is 40.5 Å².